The maximum atomic E-state index is 13.2. The molecule has 2 aromatic heterocycles. The van der Waals surface area contributed by atoms with Crippen molar-refractivity contribution in [3.05, 3.63) is 46.1 Å². The van der Waals surface area contributed by atoms with Crippen LogP contribution in [-0.2, 0) is 19.3 Å². The number of hydrogen-bond acceptors (Lipinski definition) is 5. The summed E-state index contributed by atoms with van der Waals surface area (Å²) in [6.45, 7) is 6.54. The lowest BCUT2D eigenvalue weighted by atomic mass is 9.84. The van der Waals surface area contributed by atoms with Crippen LogP contribution in [0.2, 0.25) is 0 Å². The van der Waals surface area contributed by atoms with Gasteiger partial charge in [0, 0.05) is 17.5 Å². The van der Waals surface area contributed by atoms with Crippen molar-refractivity contribution < 1.29 is 4.79 Å². The van der Waals surface area contributed by atoms with Crippen molar-refractivity contribution in [3.8, 4) is 0 Å². The van der Waals surface area contributed by atoms with Crippen molar-refractivity contribution >= 4 is 33.3 Å². The molecule has 0 aliphatic heterocycles. The van der Waals surface area contributed by atoms with Crippen molar-refractivity contribution in [2.24, 2.45) is 11.8 Å². The maximum Gasteiger partial charge on any atom is 0.258 e. The molecule has 3 aromatic rings. The lowest BCUT2D eigenvalue weighted by molar-refractivity contribution is 0.102. The third-order valence-electron chi connectivity index (χ3n) is 5.00. The Morgan fingerprint density at radius 3 is 2.93 bits per heavy atom. The van der Waals surface area contributed by atoms with Crippen LogP contribution in [0.1, 0.15) is 53.8 Å². The van der Waals surface area contributed by atoms with Crippen molar-refractivity contribution in [2.75, 3.05) is 5.32 Å². The van der Waals surface area contributed by atoms with Crippen LogP contribution in [0.3, 0.4) is 0 Å². The Bertz CT molecular complexity index is 995. The van der Waals surface area contributed by atoms with Crippen molar-refractivity contribution in [1.82, 2.24) is 15.2 Å². The number of aryl methyl sites for hydroxylation is 1. The second-order valence-electron chi connectivity index (χ2n) is 7.83. The highest BCUT2D eigenvalue weighted by Gasteiger charge is 2.25. The predicted octanol–water partition coefficient (Wildman–Crippen LogP) is 4.66. The van der Waals surface area contributed by atoms with Crippen LogP contribution in [0.25, 0.3) is 10.9 Å². The minimum Gasteiger partial charge on any atom is -0.296 e. The topological polar surface area (TPSA) is 67.8 Å². The molecule has 1 N–H and O–H groups in total. The van der Waals surface area contributed by atoms with E-state index in [1.807, 2.05) is 24.3 Å². The first-order chi connectivity index (χ1) is 13.0. The second-order valence-corrected chi connectivity index (χ2v) is 8.89. The van der Waals surface area contributed by atoms with Crippen molar-refractivity contribution in [3.63, 3.8) is 0 Å². The van der Waals surface area contributed by atoms with Crippen LogP contribution < -0.4 is 5.32 Å². The van der Waals surface area contributed by atoms with Crippen LogP contribution in [0.5, 0.6) is 0 Å². The van der Waals surface area contributed by atoms with E-state index >= 15 is 0 Å². The average Bonchev–Trinajstić information content (AvgIpc) is 3.05. The lowest BCUT2D eigenvalue weighted by Crippen LogP contribution is -2.21. The molecule has 1 aliphatic rings. The number of anilines is 1. The molecule has 0 spiro atoms. The van der Waals surface area contributed by atoms with E-state index in [1.54, 1.807) is 0 Å². The van der Waals surface area contributed by atoms with Gasteiger partial charge >= 0.3 is 0 Å². The number of carbonyl (C=O) groups is 1. The van der Waals surface area contributed by atoms with Gasteiger partial charge in [0.1, 0.15) is 5.01 Å². The van der Waals surface area contributed by atoms with E-state index in [0.29, 0.717) is 17.0 Å². The fraction of sp³-hybridized carbons (Fsp3) is 0.429. The maximum absolute atomic E-state index is 13.2. The van der Waals surface area contributed by atoms with Gasteiger partial charge in [0.25, 0.3) is 5.91 Å². The lowest BCUT2D eigenvalue weighted by Gasteiger charge is -2.24. The molecule has 0 radical (unpaired) electrons. The molecule has 6 heteroatoms. The molecule has 0 fully saturated rings. The third-order valence-corrected chi connectivity index (χ3v) is 5.86. The van der Waals surface area contributed by atoms with Crippen LogP contribution in [0.4, 0.5) is 5.13 Å². The summed E-state index contributed by atoms with van der Waals surface area (Å²) in [5.74, 6) is 0.969. The van der Waals surface area contributed by atoms with Gasteiger partial charge in [-0.05, 0) is 42.7 Å². The molecule has 1 amide bonds. The largest absolute Gasteiger partial charge is 0.296 e. The number of rotatable bonds is 4. The van der Waals surface area contributed by atoms with Gasteiger partial charge in [-0.2, -0.15) is 0 Å². The summed E-state index contributed by atoms with van der Waals surface area (Å²) < 4.78 is 0. The molecule has 1 atom stereocenters. The minimum atomic E-state index is -0.105. The summed E-state index contributed by atoms with van der Waals surface area (Å²) in [5, 5.41) is 13.8. The number of aromatic nitrogens is 3. The van der Waals surface area contributed by atoms with E-state index in [-0.39, 0.29) is 5.91 Å². The van der Waals surface area contributed by atoms with Crippen LogP contribution in [0.15, 0.2) is 24.3 Å². The Hall–Kier alpha value is -2.34. The first-order valence-electron chi connectivity index (χ1n) is 9.55. The normalized spacial score (nSPS) is 16.5. The minimum absolute atomic E-state index is 0.105. The van der Waals surface area contributed by atoms with Crippen molar-refractivity contribution in [2.45, 2.75) is 46.5 Å². The van der Waals surface area contributed by atoms with E-state index in [9.17, 15) is 4.79 Å². The zero-order valence-corrected chi connectivity index (χ0v) is 16.8. The van der Waals surface area contributed by atoms with E-state index < -0.39 is 0 Å². The number of fused-ring (bicyclic) bond motifs is 2. The third kappa shape index (κ3) is 3.72. The molecule has 1 aromatic carbocycles. The van der Waals surface area contributed by atoms with Crippen molar-refractivity contribution in [1.29, 1.82) is 0 Å². The molecular formula is C21H24N4OS. The van der Waals surface area contributed by atoms with Gasteiger partial charge in [0.15, 0.2) is 0 Å². The van der Waals surface area contributed by atoms with Crippen LogP contribution in [0, 0.1) is 11.8 Å². The van der Waals surface area contributed by atoms with Gasteiger partial charge in [0.05, 0.1) is 11.1 Å². The number of pyridine rings is 1. The van der Waals surface area contributed by atoms with Gasteiger partial charge in [-0.3, -0.25) is 15.1 Å². The monoisotopic (exact) mass is 380 g/mol. The summed E-state index contributed by atoms with van der Waals surface area (Å²) in [7, 11) is 0. The van der Waals surface area contributed by atoms with E-state index in [1.165, 1.54) is 11.3 Å². The summed E-state index contributed by atoms with van der Waals surface area (Å²) in [6, 6.07) is 7.90. The predicted molar refractivity (Wildman–Crippen MR) is 109 cm³/mol. The molecule has 0 saturated carbocycles. The van der Waals surface area contributed by atoms with Gasteiger partial charge in [0.2, 0.25) is 5.13 Å². The number of para-hydroxylation sites is 1. The number of nitrogens with zero attached hydrogens (tertiary/aromatic N) is 3. The van der Waals surface area contributed by atoms with E-state index in [0.717, 1.165) is 58.4 Å². The fourth-order valence-electron chi connectivity index (χ4n) is 3.72. The molecule has 0 unspecified atom stereocenters. The Kier molecular flexibility index (Phi) is 4.91. The number of nitrogens with one attached hydrogen (secondary N) is 1. The van der Waals surface area contributed by atoms with Gasteiger partial charge in [-0.25, -0.2) is 0 Å². The highest BCUT2D eigenvalue weighted by atomic mass is 32.1. The van der Waals surface area contributed by atoms with E-state index in [2.05, 4.69) is 36.3 Å². The SMILES string of the molecule is CC(C)Cc1nnc(NC(=O)c2c3c(nc4ccccc24)CC[C@@H](C)C3)s1. The second kappa shape index (κ2) is 7.35. The van der Waals surface area contributed by atoms with Gasteiger partial charge in [-0.1, -0.05) is 50.3 Å². The molecule has 0 bridgehead atoms. The van der Waals surface area contributed by atoms with Gasteiger partial charge in [-0.15, -0.1) is 10.2 Å². The standard InChI is InChI=1S/C21H24N4OS/c1-12(2)10-18-24-25-21(27-18)23-20(26)19-14-6-4-5-7-16(14)22-17-9-8-13(3)11-15(17)19/h4-7,12-13H,8-11H2,1-3H3,(H,23,25,26)/t13-/m1/s1. The number of benzene rings is 1. The summed E-state index contributed by atoms with van der Waals surface area (Å²) in [4.78, 5) is 18.1. The molecule has 0 saturated heterocycles. The molecule has 2 heterocycles. The Balaban J connectivity index is 1.72. The summed E-state index contributed by atoms with van der Waals surface area (Å²) >= 11 is 1.46. The highest BCUT2D eigenvalue weighted by molar-refractivity contribution is 7.15. The number of amides is 1. The quantitative estimate of drug-likeness (QED) is 0.715. The van der Waals surface area contributed by atoms with Gasteiger partial charge < -0.3 is 0 Å². The molecule has 5 nitrogen and oxygen atoms in total. The highest BCUT2D eigenvalue weighted by Crippen LogP contribution is 2.32. The molecule has 4 rings (SSSR count). The number of hydrogen-bond donors (Lipinski definition) is 1. The number of carbonyl (C=O) groups excluding carboxylic acids is 1. The summed E-state index contributed by atoms with van der Waals surface area (Å²) in [5.41, 5.74) is 3.79. The first kappa shape index (κ1) is 18.0. The smallest absolute Gasteiger partial charge is 0.258 e. The van der Waals surface area contributed by atoms with Crippen LogP contribution >= 0.6 is 11.3 Å². The molecule has 1 aliphatic carbocycles. The Labute approximate surface area is 163 Å². The van der Waals surface area contributed by atoms with Crippen LogP contribution in [-0.4, -0.2) is 21.1 Å². The fourth-order valence-corrected chi connectivity index (χ4v) is 4.66. The Morgan fingerprint density at radius 2 is 2.11 bits per heavy atom. The van der Waals surface area contributed by atoms with E-state index in [4.69, 9.17) is 4.98 Å². The zero-order valence-electron chi connectivity index (χ0n) is 16.0. The summed E-state index contributed by atoms with van der Waals surface area (Å²) in [6.07, 6.45) is 3.82. The first-order valence-corrected chi connectivity index (χ1v) is 10.4. The zero-order chi connectivity index (χ0) is 19.0. The molecular weight excluding hydrogens is 356 g/mol. The Morgan fingerprint density at radius 1 is 1.30 bits per heavy atom. The molecule has 27 heavy (non-hydrogen) atoms. The average molecular weight is 381 g/mol. The molecule has 140 valence electrons.